The Morgan fingerprint density at radius 2 is 1.37 bits per heavy atom. The summed E-state index contributed by atoms with van der Waals surface area (Å²) in [5.74, 6) is -1.20. The van der Waals surface area contributed by atoms with Gasteiger partial charge in [-0.3, -0.25) is 9.59 Å². The average molecular weight is 585 g/mol. The molecular weight excluding hydrogens is 558 g/mol. The molecular formula is C23H26BrN3O6S2. The first-order valence-corrected chi connectivity index (χ1v) is 15.1. The standard InChI is InChI=1S/C23H26BrN3O6S2/c24-16-7-11-20(12-8-16)35(32,33)27(18-5-3-1-2-4-6-18)21-15-22(28)26(23(21)29)17-9-13-19(14-10-17)34(25,30)31/h7-14,18,21H,1-6,15H2,(H2,25,30,31). The molecule has 0 aromatic heterocycles. The van der Waals surface area contributed by atoms with Crippen molar-refractivity contribution >= 4 is 53.5 Å². The maximum absolute atomic E-state index is 13.8. The van der Waals surface area contributed by atoms with Crippen molar-refractivity contribution in [3.8, 4) is 0 Å². The highest BCUT2D eigenvalue weighted by atomic mass is 79.9. The van der Waals surface area contributed by atoms with Gasteiger partial charge in [0.05, 0.1) is 21.9 Å². The average Bonchev–Trinajstić information content (AvgIpc) is 2.96. The lowest BCUT2D eigenvalue weighted by Crippen LogP contribution is -2.50. The van der Waals surface area contributed by atoms with Gasteiger partial charge >= 0.3 is 0 Å². The Bertz CT molecular complexity index is 1320. The van der Waals surface area contributed by atoms with E-state index in [2.05, 4.69) is 15.9 Å². The Kier molecular flexibility index (Phi) is 7.49. The van der Waals surface area contributed by atoms with Crippen LogP contribution in [0.15, 0.2) is 62.8 Å². The highest BCUT2D eigenvalue weighted by molar-refractivity contribution is 9.10. The van der Waals surface area contributed by atoms with Crippen LogP contribution in [0.2, 0.25) is 0 Å². The van der Waals surface area contributed by atoms with E-state index in [0.717, 1.165) is 35.1 Å². The summed E-state index contributed by atoms with van der Waals surface area (Å²) in [7, 11) is -8.03. The molecule has 1 unspecified atom stereocenters. The third-order valence-electron chi connectivity index (χ3n) is 6.43. The maximum atomic E-state index is 13.8. The molecule has 1 aliphatic carbocycles. The summed E-state index contributed by atoms with van der Waals surface area (Å²) in [4.78, 5) is 27.4. The number of amides is 2. The van der Waals surface area contributed by atoms with E-state index in [0.29, 0.717) is 12.8 Å². The number of primary sulfonamides is 1. The van der Waals surface area contributed by atoms with Gasteiger partial charge in [0.25, 0.3) is 5.91 Å². The monoisotopic (exact) mass is 583 g/mol. The second kappa shape index (κ2) is 10.1. The minimum atomic E-state index is -4.09. The van der Waals surface area contributed by atoms with Crippen LogP contribution in [0.25, 0.3) is 0 Å². The molecule has 4 rings (SSSR count). The number of anilines is 1. The highest BCUT2D eigenvalue weighted by Crippen LogP contribution is 2.35. The van der Waals surface area contributed by atoms with Gasteiger partial charge in [-0.25, -0.2) is 26.9 Å². The van der Waals surface area contributed by atoms with Crippen molar-refractivity contribution in [1.82, 2.24) is 4.31 Å². The van der Waals surface area contributed by atoms with Crippen molar-refractivity contribution < 1.29 is 26.4 Å². The number of hydrogen-bond donors (Lipinski definition) is 1. The van der Waals surface area contributed by atoms with E-state index >= 15 is 0 Å². The minimum Gasteiger partial charge on any atom is -0.274 e. The van der Waals surface area contributed by atoms with Gasteiger partial charge in [0.15, 0.2) is 0 Å². The molecule has 0 radical (unpaired) electrons. The smallest absolute Gasteiger partial charge is 0.252 e. The molecule has 188 valence electrons. The zero-order chi connectivity index (χ0) is 25.4. The molecule has 1 atom stereocenters. The van der Waals surface area contributed by atoms with E-state index in [1.807, 2.05) is 0 Å². The van der Waals surface area contributed by atoms with Crippen LogP contribution in [0.4, 0.5) is 5.69 Å². The van der Waals surface area contributed by atoms with E-state index in [1.54, 1.807) is 12.1 Å². The van der Waals surface area contributed by atoms with E-state index in [9.17, 15) is 26.4 Å². The van der Waals surface area contributed by atoms with Crippen molar-refractivity contribution in [2.24, 2.45) is 5.14 Å². The van der Waals surface area contributed by atoms with Crippen LogP contribution in [0.3, 0.4) is 0 Å². The lowest BCUT2D eigenvalue weighted by Gasteiger charge is -2.33. The van der Waals surface area contributed by atoms with Gasteiger partial charge in [-0.05, 0) is 61.4 Å². The van der Waals surface area contributed by atoms with Gasteiger partial charge in [0.2, 0.25) is 26.0 Å². The number of nitrogens with two attached hydrogens (primary N) is 1. The molecule has 1 saturated carbocycles. The van der Waals surface area contributed by atoms with Gasteiger partial charge in [-0.15, -0.1) is 0 Å². The summed E-state index contributed by atoms with van der Waals surface area (Å²) in [6.45, 7) is 0. The molecule has 2 amide bonds. The molecule has 12 heteroatoms. The summed E-state index contributed by atoms with van der Waals surface area (Å²) in [5.41, 5.74) is 0.164. The van der Waals surface area contributed by atoms with Crippen LogP contribution < -0.4 is 10.0 Å². The molecule has 2 aliphatic rings. The molecule has 2 aromatic rings. The van der Waals surface area contributed by atoms with Crippen LogP contribution in [-0.4, -0.2) is 45.0 Å². The van der Waals surface area contributed by atoms with Crippen molar-refractivity contribution in [3.63, 3.8) is 0 Å². The fourth-order valence-electron chi connectivity index (χ4n) is 4.73. The SMILES string of the molecule is NS(=O)(=O)c1ccc(N2C(=O)CC(N(C3CCCCCC3)S(=O)(=O)c3ccc(Br)cc3)C2=O)cc1. The van der Waals surface area contributed by atoms with Crippen molar-refractivity contribution in [3.05, 3.63) is 53.0 Å². The largest absolute Gasteiger partial charge is 0.274 e. The number of sulfonamides is 2. The van der Waals surface area contributed by atoms with Gasteiger partial charge in [-0.1, -0.05) is 41.6 Å². The van der Waals surface area contributed by atoms with E-state index in [-0.39, 0.29) is 21.9 Å². The third kappa shape index (κ3) is 5.36. The number of rotatable bonds is 6. The number of halogens is 1. The lowest BCUT2D eigenvalue weighted by atomic mass is 10.1. The Balaban J connectivity index is 1.72. The second-order valence-electron chi connectivity index (χ2n) is 8.76. The molecule has 1 aliphatic heterocycles. The number of imide groups is 1. The predicted octanol–water partition coefficient (Wildman–Crippen LogP) is 3.14. The van der Waals surface area contributed by atoms with Crippen molar-refractivity contribution in [2.75, 3.05) is 4.90 Å². The number of hydrogen-bond acceptors (Lipinski definition) is 6. The summed E-state index contributed by atoms with van der Waals surface area (Å²) in [5, 5.41) is 5.13. The summed E-state index contributed by atoms with van der Waals surface area (Å²) in [6.07, 6.45) is 4.58. The molecule has 2 N–H and O–H groups in total. The first-order valence-electron chi connectivity index (χ1n) is 11.3. The topological polar surface area (TPSA) is 135 Å². The molecule has 9 nitrogen and oxygen atoms in total. The van der Waals surface area contributed by atoms with Crippen LogP contribution >= 0.6 is 15.9 Å². The zero-order valence-electron chi connectivity index (χ0n) is 18.8. The molecule has 35 heavy (non-hydrogen) atoms. The molecule has 0 bridgehead atoms. The van der Waals surface area contributed by atoms with Crippen molar-refractivity contribution in [2.45, 2.75) is 66.8 Å². The fraction of sp³-hybridized carbons (Fsp3) is 0.391. The van der Waals surface area contributed by atoms with Gasteiger partial charge < -0.3 is 0 Å². The Morgan fingerprint density at radius 1 is 0.829 bits per heavy atom. The number of carbonyl (C=O) groups is 2. The molecule has 2 fully saturated rings. The van der Waals surface area contributed by atoms with Gasteiger partial charge in [0.1, 0.15) is 6.04 Å². The minimum absolute atomic E-state index is 0.0566. The molecule has 1 saturated heterocycles. The number of benzene rings is 2. The summed E-state index contributed by atoms with van der Waals surface area (Å²) < 4.78 is 52.8. The predicted molar refractivity (Wildman–Crippen MR) is 133 cm³/mol. The van der Waals surface area contributed by atoms with Gasteiger partial charge in [-0.2, -0.15) is 4.31 Å². The van der Waals surface area contributed by atoms with E-state index in [1.165, 1.54) is 40.7 Å². The summed E-state index contributed by atoms with van der Waals surface area (Å²) >= 11 is 3.31. The second-order valence-corrected chi connectivity index (χ2v) is 13.1. The maximum Gasteiger partial charge on any atom is 0.252 e. The van der Waals surface area contributed by atoms with Crippen LogP contribution in [0.1, 0.15) is 44.9 Å². The molecule has 0 spiro atoms. The fourth-order valence-corrected chi connectivity index (χ4v) is 7.34. The van der Waals surface area contributed by atoms with Crippen LogP contribution in [0.5, 0.6) is 0 Å². The van der Waals surface area contributed by atoms with E-state index in [4.69, 9.17) is 5.14 Å². The van der Waals surface area contributed by atoms with E-state index < -0.39 is 43.9 Å². The number of carbonyl (C=O) groups excluding carboxylic acids is 2. The van der Waals surface area contributed by atoms with Crippen LogP contribution in [-0.2, 0) is 29.6 Å². The van der Waals surface area contributed by atoms with Crippen molar-refractivity contribution in [1.29, 1.82) is 0 Å². The highest BCUT2D eigenvalue weighted by Gasteiger charge is 2.49. The normalized spacial score (nSPS) is 20.4. The van der Waals surface area contributed by atoms with Crippen LogP contribution in [0, 0.1) is 0 Å². The van der Waals surface area contributed by atoms with Gasteiger partial charge in [0, 0.05) is 10.5 Å². The first-order chi connectivity index (χ1) is 16.5. The Labute approximate surface area is 213 Å². The first kappa shape index (κ1) is 26.0. The molecule has 2 aromatic carbocycles. The number of nitrogens with zero attached hydrogens (tertiary/aromatic N) is 2. The Morgan fingerprint density at radius 3 is 1.91 bits per heavy atom. The summed E-state index contributed by atoms with van der Waals surface area (Å²) in [6, 6.07) is 9.67. The Hall–Kier alpha value is -2.12. The third-order valence-corrected chi connectivity index (χ3v) is 9.86. The zero-order valence-corrected chi connectivity index (χ0v) is 22.1. The lowest BCUT2D eigenvalue weighted by molar-refractivity contribution is -0.122. The molecule has 1 heterocycles. The quantitative estimate of drug-likeness (QED) is 0.410.